The molecule has 204 valence electrons. The molecule has 39 heavy (non-hydrogen) atoms. The first-order valence-electron chi connectivity index (χ1n) is 13.3. The van der Waals surface area contributed by atoms with Crippen molar-refractivity contribution in [1.82, 2.24) is 25.2 Å². The number of aromatic nitrogens is 3. The Hall–Kier alpha value is -3.99. The summed E-state index contributed by atoms with van der Waals surface area (Å²) in [6.07, 6.45) is 2.19. The zero-order valence-electron chi connectivity index (χ0n) is 22.1. The fraction of sp³-hybridized carbons (Fsp3) is 0.345. The van der Waals surface area contributed by atoms with E-state index in [0.717, 1.165) is 60.6 Å². The molecule has 0 bridgehead atoms. The molecule has 10 heteroatoms. The summed E-state index contributed by atoms with van der Waals surface area (Å²) in [6, 6.07) is 15.2. The standard InChI is InChI=1S/C29H35N7O3/c1-19-15-21(27(30)31-9-10-36-11-13-39-14-12-36)17-24-26(19)35-28(34-24)25-23(7-8-32-29(25)38)33-22(18-37)16-20-5-3-2-4-6-20/h2-8,15,17,22,37H,9-14,16,18H2,1H3,(H2,30,31)(H,34,35)(H2,32,33,38)/t22-/m0/s1. The number of aliphatic hydroxyl groups is 1. The van der Waals surface area contributed by atoms with E-state index in [0.29, 0.717) is 35.9 Å². The Bertz CT molecular complexity index is 1480. The maximum absolute atomic E-state index is 13.0. The number of benzene rings is 2. The highest BCUT2D eigenvalue weighted by Gasteiger charge is 2.19. The lowest BCUT2D eigenvalue weighted by Crippen LogP contribution is -2.41. The largest absolute Gasteiger partial charge is 0.394 e. The number of morpholine rings is 1. The van der Waals surface area contributed by atoms with E-state index in [1.54, 1.807) is 12.3 Å². The quantitative estimate of drug-likeness (QED) is 0.137. The molecule has 6 N–H and O–H groups in total. The van der Waals surface area contributed by atoms with Crippen LogP contribution in [0.15, 0.2) is 59.5 Å². The van der Waals surface area contributed by atoms with Crippen molar-refractivity contribution in [3.05, 3.63) is 81.8 Å². The maximum Gasteiger partial charge on any atom is 0.261 e. The lowest BCUT2D eigenvalue weighted by atomic mass is 10.1. The minimum atomic E-state index is -0.286. The molecule has 1 fully saturated rings. The lowest BCUT2D eigenvalue weighted by molar-refractivity contribution is 0.0389. The van der Waals surface area contributed by atoms with Crippen LogP contribution in [0.5, 0.6) is 0 Å². The average Bonchev–Trinajstić information content (AvgIpc) is 3.38. The molecule has 0 radical (unpaired) electrons. The van der Waals surface area contributed by atoms with Crippen LogP contribution in [0.25, 0.3) is 22.4 Å². The minimum Gasteiger partial charge on any atom is -0.394 e. The molecule has 1 aliphatic heterocycles. The maximum atomic E-state index is 13.0. The molecule has 4 aromatic rings. The number of H-pyrrole nitrogens is 2. The van der Waals surface area contributed by atoms with E-state index >= 15 is 0 Å². The number of rotatable bonds is 10. The third kappa shape index (κ3) is 6.36. The molecular formula is C29H35N7O3. The number of amidine groups is 1. The van der Waals surface area contributed by atoms with Gasteiger partial charge in [0.2, 0.25) is 0 Å². The zero-order chi connectivity index (χ0) is 27.2. The summed E-state index contributed by atoms with van der Waals surface area (Å²) < 4.78 is 5.40. The SMILES string of the molecule is Cc1cc(C(=N)NCCN2CCOCC2)cc2[nH]c(-c3c(N[C@H](CO)Cc4ccccc4)cc[nH]c3=O)nc12. The van der Waals surface area contributed by atoms with E-state index in [4.69, 9.17) is 15.1 Å². The van der Waals surface area contributed by atoms with Gasteiger partial charge in [0.25, 0.3) is 5.56 Å². The lowest BCUT2D eigenvalue weighted by Gasteiger charge is -2.26. The van der Waals surface area contributed by atoms with Crippen molar-refractivity contribution in [1.29, 1.82) is 5.41 Å². The molecule has 0 aliphatic carbocycles. The van der Waals surface area contributed by atoms with Crippen LogP contribution >= 0.6 is 0 Å². The first-order valence-corrected chi connectivity index (χ1v) is 13.3. The van der Waals surface area contributed by atoms with E-state index < -0.39 is 0 Å². The Kier molecular flexibility index (Phi) is 8.36. The normalized spacial score (nSPS) is 14.8. The average molecular weight is 530 g/mol. The minimum absolute atomic E-state index is 0.0929. The van der Waals surface area contributed by atoms with Crippen LogP contribution < -0.4 is 16.2 Å². The molecule has 2 aromatic carbocycles. The number of aromatic amines is 2. The van der Waals surface area contributed by atoms with Gasteiger partial charge in [0, 0.05) is 37.9 Å². The fourth-order valence-corrected chi connectivity index (χ4v) is 4.93. The highest BCUT2D eigenvalue weighted by Crippen LogP contribution is 2.27. The van der Waals surface area contributed by atoms with Gasteiger partial charge < -0.3 is 30.4 Å². The van der Waals surface area contributed by atoms with Gasteiger partial charge in [-0.05, 0) is 42.7 Å². The van der Waals surface area contributed by atoms with Crippen molar-refractivity contribution in [3.8, 4) is 11.4 Å². The molecule has 10 nitrogen and oxygen atoms in total. The molecule has 0 amide bonds. The Morgan fingerprint density at radius 1 is 1.21 bits per heavy atom. The summed E-state index contributed by atoms with van der Waals surface area (Å²) in [5.74, 6) is 0.772. The van der Waals surface area contributed by atoms with Crippen LogP contribution in [0.4, 0.5) is 5.69 Å². The summed E-state index contributed by atoms with van der Waals surface area (Å²) >= 11 is 0. The third-order valence-corrected chi connectivity index (χ3v) is 7.00. The number of hydrogen-bond acceptors (Lipinski definition) is 7. The zero-order valence-corrected chi connectivity index (χ0v) is 22.1. The number of aliphatic hydroxyl groups excluding tert-OH is 1. The van der Waals surface area contributed by atoms with Crippen molar-refractivity contribution >= 4 is 22.6 Å². The van der Waals surface area contributed by atoms with Crippen molar-refractivity contribution < 1.29 is 9.84 Å². The second-order valence-electron chi connectivity index (χ2n) is 9.84. The van der Waals surface area contributed by atoms with Crippen LogP contribution in [0, 0.1) is 12.3 Å². The van der Waals surface area contributed by atoms with E-state index in [1.807, 2.05) is 49.4 Å². The molecule has 0 saturated carbocycles. The first-order chi connectivity index (χ1) is 19.0. The number of imidazole rings is 1. The second-order valence-corrected chi connectivity index (χ2v) is 9.84. The van der Waals surface area contributed by atoms with Crippen molar-refractivity contribution in [2.45, 2.75) is 19.4 Å². The van der Waals surface area contributed by atoms with Gasteiger partial charge in [-0.3, -0.25) is 15.1 Å². The molecule has 5 rings (SSSR count). The number of ether oxygens (including phenoxy) is 1. The predicted molar refractivity (Wildman–Crippen MR) is 154 cm³/mol. The molecular weight excluding hydrogens is 494 g/mol. The topological polar surface area (TPSA) is 142 Å². The molecule has 2 aromatic heterocycles. The predicted octanol–water partition coefficient (Wildman–Crippen LogP) is 2.49. The van der Waals surface area contributed by atoms with Gasteiger partial charge in [0.05, 0.1) is 42.6 Å². The number of fused-ring (bicyclic) bond motifs is 1. The van der Waals surface area contributed by atoms with E-state index in [9.17, 15) is 9.90 Å². The molecule has 3 heterocycles. The molecule has 1 atom stereocenters. The summed E-state index contributed by atoms with van der Waals surface area (Å²) in [4.78, 5) is 26.1. The molecule has 1 saturated heterocycles. The number of hydrogen-bond donors (Lipinski definition) is 6. The highest BCUT2D eigenvalue weighted by atomic mass is 16.5. The Labute approximate surface area is 226 Å². The van der Waals surface area contributed by atoms with Crippen molar-refractivity contribution in [2.75, 3.05) is 51.3 Å². The fourth-order valence-electron chi connectivity index (χ4n) is 4.93. The van der Waals surface area contributed by atoms with Crippen LogP contribution in [-0.2, 0) is 11.2 Å². The Balaban J connectivity index is 1.36. The highest BCUT2D eigenvalue weighted by molar-refractivity contribution is 6.00. The smallest absolute Gasteiger partial charge is 0.261 e. The number of aryl methyl sites for hydroxylation is 1. The van der Waals surface area contributed by atoms with E-state index in [1.165, 1.54) is 0 Å². The summed E-state index contributed by atoms with van der Waals surface area (Å²) in [6.45, 7) is 6.73. The number of anilines is 1. The molecule has 0 unspecified atom stereocenters. The Morgan fingerprint density at radius 2 is 2.00 bits per heavy atom. The number of pyridine rings is 1. The monoisotopic (exact) mass is 529 g/mol. The van der Waals surface area contributed by atoms with E-state index in [-0.39, 0.29) is 18.2 Å². The van der Waals surface area contributed by atoms with Gasteiger partial charge in [-0.15, -0.1) is 0 Å². The van der Waals surface area contributed by atoms with Gasteiger partial charge in [0.1, 0.15) is 17.2 Å². The first kappa shape index (κ1) is 26.6. The van der Waals surface area contributed by atoms with E-state index in [2.05, 4.69) is 25.5 Å². The summed E-state index contributed by atoms with van der Waals surface area (Å²) in [5, 5.41) is 25.2. The van der Waals surface area contributed by atoms with Gasteiger partial charge in [-0.1, -0.05) is 30.3 Å². The van der Waals surface area contributed by atoms with Gasteiger partial charge in [0.15, 0.2) is 0 Å². The van der Waals surface area contributed by atoms with Crippen LogP contribution in [-0.4, -0.2) is 82.8 Å². The van der Waals surface area contributed by atoms with Gasteiger partial charge >= 0.3 is 0 Å². The summed E-state index contributed by atoms with van der Waals surface area (Å²) in [5.41, 5.74) is 4.91. The van der Waals surface area contributed by atoms with Crippen molar-refractivity contribution in [2.24, 2.45) is 0 Å². The number of nitrogens with one attached hydrogen (secondary N) is 5. The van der Waals surface area contributed by atoms with Crippen LogP contribution in [0.1, 0.15) is 16.7 Å². The van der Waals surface area contributed by atoms with Gasteiger partial charge in [-0.25, -0.2) is 4.98 Å². The Morgan fingerprint density at radius 3 is 2.77 bits per heavy atom. The summed E-state index contributed by atoms with van der Waals surface area (Å²) in [7, 11) is 0. The second kappa shape index (κ2) is 12.2. The van der Waals surface area contributed by atoms with Crippen molar-refractivity contribution in [3.63, 3.8) is 0 Å². The number of nitrogens with zero attached hydrogens (tertiary/aromatic N) is 2. The third-order valence-electron chi connectivity index (χ3n) is 7.00. The molecule has 1 aliphatic rings. The van der Waals surface area contributed by atoms with Crippen LogP contribution in [0.2, 0.25) is 0 Å². The molecule has 0 spiro atoms. The van der Waals surface area contributed by atoms with Crippen LogP contribution in [0.3, 0.4) is 0 Å². The van der Waals surface area contributed by atoms with Gasteiger partial charge in [-0.2, -0.15) is 0 Å².